The molecule has 0 radical (unpaired) electrons. The average Bonchev–Trinajstić information content (AvgIpc) is 2.83. The highest BCUT2D eigenvalue weighted by Crippen LogP contribution is 2.24. The van der Waals surface area contributed by atoms with E-state index in [4.69, 9.17) is 4.74 Å². The first-order chi connectivity index (χ1) is 15.4. The molecule has 0 spiro atoms. The van der Waals surface area contributed by atoms with Gasteiger partial charge in [0.15, 0.2) is 9.84 Å². The monoisotopic (exact) mass is 450 g/mol. The smallest absolute Gasteiger partial charge is 0.253 e. The number of aromatic nitrogens is 1. The number of pyridine rings is 1. The van der Waals surface area contributed by atoms with Crippen molar-refractivity contribution in [2.75, 3.05) is 26.0 Å². The lowest BCUT2D eigenvalue weighted by Gasteiger charge is -2.31. The number of amides is 1. The molecule has 1 fully saturated rings. The van der Waals surface area contributed by atoms with E-state index in [2.05, 4.69) is 4.98 Å². The van der Waals surface area contributed by atoms with Crippen molar-refractivity contribution in [1.82, 2.24) is 9.88 Å². The first kappa shape index (κ1) is 22.0. The van der Waals surface area contributed by atoms with E-state index in [1.807, 2.05) is 47.4 Å². The Hall–Kier alpha value is -3.19. The number of piperidine rings is 1. The Bertz CT molecular complexity index is 1150. The highest BCUT2D eigenvalue weighted by molar-refractivity contribution is 7.90. The normalized spacial score (nSPS) is 14.8. The first-order valence-corrected chi connectivity index (χ1v) is 12.5. The van der Waals surface area contributed by atoms with Crippen LogP contribution in [-0.4, -0.2) is 50.2 Å². The van der Waals surface area contributed by atoms with E-state index in [0.717, 1.165) is 42.6 Å². The summed E-state index contributed by atoms with van der Waals surface area (Å²) in [7, 11) is -3.21. The maximum atomic E-state index is 12.6. The number of nitrogens with zero attached hydrogens (tertiary/aromatic N) is 2. The van der Waals surface area contributed by atoms with Crippen LogP contribution in [0.4, 0.5) is 0 Å². The van der Waals surface area contributed by atoms with E-state index >= 15 is 0 Å². The molecule has 0 atom stereocenters. The van der Waals surface area contributed by atoms with Crippen LogP contribution in [0.25, 0.3) is 11.1 Å². The maximum Gasteiger partial charge on any atom is 0.253 e. The molecule has 0 bridgehead atoms. The van der Waals surface area contributed by atoms with E-state index in [0.29, 0.717) is 23.3 Å². The van der Waals surface area contributed by atoms with Crippen molar-refractivity contribution < 1.29 is 17.9 Å². The molecule has 1 aliphatic heterocycles. The van der Waals surface area contributed by atoms with Crippen LogP contribution in [0.2, 0.25) is 0 Å². The van der Waals surface area contributed by atoms with Gasteiger partial charge in [-0.25, -0.2) is 13.4 Å². The van der Waals surface area contributed by atoms with Gasteiger partial charge in [0.1, 0.15) is 0 Å². The van der Waals surface area contributed by atoms with E-state index in [9.17, 15) is 13.2 Å². The van der Waals surface area contributed by atoms with Gasteiger partial charge in [0.2, 0.25) is 5.88 Å². The second-order valence-electron chi connectivity index (χ2n) is 8.09. The van der Waals surface area contributed by atoms with E-state index in [1.165, 1.54) is 6.26 Å². The zero-order chi connectivity index (χ0) is 22.6. The average molecular weight is 451 g/mol. The topological polar surface area (TPSA) is 76.6 Å². The minimum absolute atomic E-state index is 0.0896. The van der Waals surface area contributed by atoms with Crippen LogP contribution in [0.1, 0.15) is 23.2 Å². The molecule has 1 saturated heterocycles. The highest BCUT2D eigenvalue weighted by atomic mass is 32.2. The van der Waals surface area contributed by atoms with Crippen LogP contribution < -0.4 is 4.74 Å². The van der Waals surface area contributed by atoms with Gasteiger partial charge in [-0.2, -0.15) is 0 Å². The Morgan fingerprint density at radius 1 is 0.969 bits per heavy atom. The lowest BCUT2D eigenvalue weighted by atomic mass is 9.97. The molecule has 1 aromatic heterocycles. The van der Waals surface area contributed by atoms with Gasteiger partial charge in [0.05, 0.1) is 11.5 Å². The number of hydrogen-bond donors (Lipinski definition) is 0. The summed E-state index contributed by atoms with van der Waals surface area (Å²) in [6, 6.07) is 19.9. The summed E-state index contributed by atoms with van der Waals surface area (Å²) in [5, 5.41) is 0. The molecule has 32 heavy (non-hydrogen) atoms. The summed E-state index contributed by atoms with van der Waals surface area (Å²) < 4.78 is 29.1. The second kappa shape index (κ2) is 9.53. The molecule has 1 amide bonds. The van der Waals surface area contributed by atoms with Gasteiger partial charge in [-0.05, 0) is 54.7 Å². The molecule has 2 heterocycles. The standard InChI is InChI=1S/C25H26N2O4S/c1-32(29,30)23-10-7-20(8-11-23)22-9-12-24(26-17-22)31-18-19-13-15-27(16-14-19)25(28)21-5-3-2-4-6-21/h2-12,17,19H,13-16,18H2,1H3. The van der Waals surface area contributed by atoms with Gasteiger partial charge in [-0.15, -0.1) is 0 Å². The van der Waals surface area contributed by atoms with Gasteiger partial charge in [0.25, 0.3) is 5.91 Å². The van der Waals surface area contributed by atoms with Crippen LogP contribution >= 0.6 is 0 Å². The lowest BCUT2D eigenvalue weighted by Crippen LogP contribution is -2.39. The molecule has 3 aromatic rings. The first-order valence-electron chi connectivity index (χ1n) is 10.6. The third kappa shape index (κ3) is 5.34. The Kier molecular flexibility index (Phi) is 6.55. The van der Waals surface area contributed by atoms with Gasteiger partial charge >= 0.3 is 0 Å². The van der Waals surface area contributed by atoms with E-state index < -0.39 is 9.84 Å². The summed E-state index contributed by atoms with van der Waals surface area (Å²) in [5.41, 5.74) is 2.52. The third-order valence-electron chi connectivity index (χ3n) is 5.74. The van der Waals surface area contributed by atoms with E-state index in [-0.39, 0.29) is 5.91 Å². The Morgan fingerprint density at radius 2 is 1.62 bits per heavy atom. The number of sulfone groups is 1. The van der Waals surface area contributed by atoms with Crippen molar-refractivity contribution in [3.05, 3.63) is 78.5 Å². The fourth-order valence-electron chi connectivity index (χ4n) is 3.80. The fourth-order valence-corrected chi connectivity index (χ4v) is 4.43. The number of ether oxygens (including phenoxy) is 1. The Morgan fingerprint density at radius 3 is 2.22 bits per heavy atom. The maximum absolute atomic E-state index is 12.6. The van der Waals surface area contributed by atoms with Crippen LogP contribution in [0.15, 0.2) is 77.8 Å². The molecular formula is C25H26N2O4S. The van der Waals surface area contributed by atoms with Crippen molar-refractivity contribution in [2.24, 2.45) is 5.92 Å². The van der Waals surface area contributed by atoms with Crippen LogP contribution in [0.5, 0.6) is 5.88 Å². The summed E-state index contributed by atoms with van der Waals surface area (Å²) >= 11 is 0. The van der Waals surface area contributed by atoms with Crippen molar-refractivity contribution in [3.63, 3.8) is 0 Å². The van der Waals surface area contributed by atoms with Crippen molar-refractivity contribution in [2.45, 2.75) is 17.7 Å². The van der Waals surface area contributed by atoms with Crippen molar-refractivity contribution in [1.29, 1.82) is 0 Å². The summed E-state index contributed by atoms with van der Waals surface area (Å²) in [5.74, 6) is 1.04. The zero-order valence-electron chi connectivity index (χ0n) is 18.0. The lowest BCUT2D eigenvalue weighted by molar-refractivity contribution is 0.0659. The molecular weight excluding hydrogens is 424 g/mol. The fraction of sp³-hybridized carbons (Fsp3) is 0.280. The third-order valence-corrected chi connectivity index (χ3v) is 6.87. The molecule has 0 saturated carbocycles. The molecule has 7 heteroatoms. The van der Waals surface area contributed by atoms with Crippen LogP contribution in [0, 0.1) is 5.92 Å². The summed E-state index contributed by atoms with van der Waals surface area (Å²) in [6.07, 6.45) is 4.74. The Balaban J connectivity index is 1.27. The predicted octanol–water partition coefficient (Wildman–Crippen LogP) is 4.08. The summed E-state index contributed by atoms with van der Waals surface area (Å²) in [6.45, 7) is 2.04. The number of hydrogen-bond acceptors (Lipinski definition) is 5. The summed E-state index contributed by atoms with van der Waals surface area (Å²) in [4.78, 5) is 19.2. The molecule has 0 N–H and O–H groups in total. The van der Waals surface area contributed by atoms with Crippen LogP contribution in [-0.2, 0) is 9.84 Å². The molecule has 6 nitrogen and oxygen atoms in total. The molecule has 166 valence electrons. The van der Waals surface area contributed by atoms with Crippen molar-refractivity contribution >= 4 is 15.7 Å². The SMILES string of the molecule is CS(=O)(=O)c1ccc(-c2ccc(OCC3CCN(C(=O)c4ccccc4)CC3)nc2)cc1. The number of carbonyl (C=O) groups excluding carboxylic acids is 1. The minimum atomic E-state index is -3.21. The number of benzene rings is 2. The zero-order valence-corrected chi connectivity index (χ0v) is 18.8. The molecule has 0 aliphatic carbocycles. The van der Waals surface area contributed by atoms with Gasteiger partial charge in [0, 0.05) is 42.7 Å². The number of rotatable bonds is 6. The number of carbonyl (C=O) groups is 1. The minimum Gasteiger partial charge on any atom is -0.477 e. The largest absolute Gasteiger partial charge is 0.477 e. The van der Waals surface area contributed by atoms with E-state index in [1.54, 1.807) is 30.5 Å². The van der Waals surface area contributed by atoms with Crippen molar-refractivity contribution in [3.8, 4) is 17.0 Å². The second-order valence-corrected chi connectivity index (χ2v) is 10.1. The predicted molar refractivity (Wildman–Crippen MR) is 123 cm³/mol. The molecule has 0 unspecified atom stereocenters. The molecule has 4 rings (SSSR count). The molecule has 2 aromatic carbocycles. The van der Waals surface area contributed by atoms with Gasteiger partial charge in [-0.3, -0.25) is 4.79 Å². The number of likely N-dealkylation sites (tertiary alicyclic amines) is 1. The van der Waals surface area contributed by atoms with Gasteiger partial charge in [-0.1, -0.05) is 30.3 Å². The highest BCUT2D eigenvalue weighted by Gasteiger charge is 2.24. The Labute approximate surface area is 188 Å². The van der Waals surface area contributed by atoms with Crippen LogP contribution in [0.3, 0.4) is 0 Å². The molecule has 1 aliphatic rings. The quantitative estimate of drug-likeness (QED) is 0.566. The van der Waals surface area contributed by atoms with Gasteiger partial charge < -0.3 is 9.64 Å².